The lowest BCUT2D eigenvalue weighted by molar-refractivity contribution is 0.415. The second-order valence-corrected chi connectivity index (χ2v) is 6.70. The Kier molecular flexibility index (Phi) is 4.05. The molecule has 0 unspecified atom stereocenters. The zero-order valence-electron chi connectivity index (χ0n) is 15.6. The minimum absolute atomic E-state index is 0.838. The van der Waals surface area contributed by atoms with Gasteiger partial charge in [-0.1, -0.05) is 30.3 Å². The Hall–Kier alpha value is -3.60. The van der Waals surface area contributed by atoms with Crippen LogP contribution in [0.1, 0.15) is 5.56 Å². The maximum Gasteiger partial charge on any atom is 0.137 e. The molecule has 2 aromatic heterocycles. The molecule has 5 rings (SSSR count). The van der Waals surface area contributed by atoms with Gasteiger partial charge < -0.3 is 10.1 Å². The van der Waals surface area contributed by atoms with Gasteiger partial charge in [0.2, 0.25) is 0 Å². The topological polar surface area (TPSA) is 50.9 Å². The van der Waals surface area contributed by atoms with E-state index in [1.54, 1.807) is 7.11 Å². The van der Waals surface area contributed by atoms with Gasteiger partial charge in [0.05, 0.1) is 25.0 Å². The van der Waals surface area contributed by atoms with Crippen LogP contribution in [0.3, 0.4) is 0 Å². The van der Waals surface area contributed by atoms with E-state index in [2.05, 4.69) is 57.3 Å². The molecule has 0 bridgehead atoms. The summed E-state index contributed by atoms with van der Waals surface area (Å²) >= 11 is 0. The molecule has 3 heterocycles. The quantitative estimate of drug-likeness (QED) is 0.592. The molecule has 0 atom stereocenters. The van der Waals surface area contributed by atoms with Crippen LogP contribution < -0.4 is 10.1 Å². The number of aromatic nitrogens is 2. The Morgan fingerprint density at radius 1 is 0.893 bits per heavy atom. The SMILES string of the molecule is COc1ccc(-c2c(-c3ccc(C4=NCCN4)cc3)nc3ccccn23)cc1. The standard InChI is InChI=1S/C23H20N4O/c1-28-19-11-9-17(10-12-19)22-21(26-20-4-2-3-15-27(20)22)16-5-7-18(8-6-16)23-24-13-14-25-23/h2-12,15H,13-14H2,1H3,(H,24,25). The first-order valence-electron chi connectivity index (χ1n) is 9.34. The summed E-state index contributed by atoms with van der Waals surface area (Å²) in [4.78, 5) is 9.41. The van der Waals surface area contributed by atoms with Gasteiger partial charge in [-0.15, -0.1) is 0 Å². The van der Waals surface area contributed by atoms with Crippen LogP contribution in [0.25, 0.3) is 28.2 Å². The molecule has 0 saturated heterocycles. The average Bonchev–Trinajstić information content (AvgIpc) is 3.42. The van der Waals surface area contributed by atoms with Crippen LogP contribution in [0.2, 0.25) is 0 Å². The number of pyridine rings is 1. The first-order valence-corrected chi connectivity index (χ1v) is 9.34. The second kappa shape index (κ2) is 6.85. The van der Waals surface area contributed by atoms with Gasteiger partial charge in [-0.25, -0.2) is 4.98 Å². The first-order chi connectivity index (χ1) is 13.8. The van der Waals surface area contributed by atoms with Crippen molar-refractivity contribution in [3.8, 4) is 28.3 Å². The molecule has 0 amide bonds. The van der Waals surface area contributed by atoms with Gasteiger partial charge in [0.15, 0.2) is 0 Å². The van der Waals surface area contributed by atoms with Gasteiger partial charge >= 0.3 is 0 Å². The van der Waals surface area contributed by atoms with Crippen LogP contribution in [0.15, 0.2) is 77.9 Å². The van der Waals surface area contributed by atoms with Gasteiger partial charge in [-0.05, 0) is 36.4 Å². The van der Waals surface area contributed by atoms with Crippen LogP contribution in [-0.2, 0) is 0 Å². The maximum atomic E-state index is 5.31. The lowest BCUT2D eigenvalue weighted by Gasteiger charge is -2.08. The van der Waals surface area contributed by atoms with E-state index in [1.165, 1.54) is 0 Å². The first kappa shape index (κ1) is 16.6. The number of ether oxygens (including phenoxy) is 1. The third-order valence-corrected chi connectivity index (χ3v) is 5.00. The van der Waals surface area contributed by atoms with Crippen molar-refractivity contribution in [1.29, 1.82) is 0 Å². The van der Waals surface area contributed by atoms with Crippen molar-refractivity contribution in [3.05, 3.63) is 78.5 Å². The van der Waals surface area contributed by atoms with Crippen molar-refractivity contribution >= 4 is 11.5 Å². The minimum Gasteiger partial charge on any atom is -0.497 e. The number of methoxy groups -OCH3 is 1. The van der Waals surface area contributed by atoms with Gasteiger partial charge in [0, 0.05) is 29.4 Å². The summed E-state index contributed by atoms with van der Waals surface area (Å²) in [6.45, 7) is 1.75. The number of fused-ring (bicyclic) bond motifs is 1. The van der Waals surface area contributed by atoms with E-state index in [4.69, 9.17) is 9.72 Å². The highest BCUT2D eigenvalue weighted by Gasteiger charge is 2.16. The van der Waals surface area contributed by atoms with E-state index >= 15 is 0 Å². The van der Waals surface area contributed by atoms with E-state index in [0.717, 1.165) is 58.4 Å². The van der Waals surface area contributed by atoms with Crippen LogP contribution in [-0.4, -0.2) is 35.4 Å². The maximum absolute atomic E-state index is 5.31. The molecule has 0 spiro atoms. The number of rotatable bonds is 4. The Bertz CT molecular complexity index is 1160. The van der Waals surface area contributed by atoms with Crippen molar-refractivity contribution in [3.63, 3.8) is 0 Å². The summed E-state index contributed by atoms with van der Waals surface area (Å²) in [5.41, 5.74) is 6.24. The summed E-state index contributed by atoms with van der Waals surface area (Å²) in [6, 6.07) is 22.6. The predicted octanol–water partition coefficient (Wildman–Crippen LogP) is 4.03. The molecule has 1 aliphatic rings. The number of imidazole rings is 1. The van der Waals surface area contributed by atoms with E-state index < -0.39 is 0 Å². The molecule has 5 nitrogen and oxygen atoms in total. The molecule has 28 heavy (non-hydrogen) atoms. The van der Waals surface area contributed by atoms with Crippen molar-refractivity contribution in [1.82, 2.24) is 14.7 Å². The molecule has 0 saturated carbocycles. The highest BCUT2D eigenvalue weighted by Crippen LogP contribution is 2.33. The molecule has 4 aromatic rings. The normalized spacial score (nSPS) is 13.4. The lowest BCUT2D eigenvalue weighted by Crippen LogP contribution is -2.19. The molecule has 0 radical (unpaired) electrons. The summed E-state index contributed by atoms with van der Waals surface area (Å²) in [6.07, 6.45) is 2.05. The van der Waals surface area contributed by atoms with Gasteiger partial charge in [0.25, 0.3) is 0 Å². The highest BCUT2D eigenvalue weighted by molar-refractivity contribution is 6.00. The third-order valence-electron chi connectivity index (χ3n) is 5.00. The molecule has 1 aliphatic heterocycles. The molecule has 2 aromatic carbocycles. The highest BCUT2D eigenvalue weighted by atomic mass is 16.5. The van der Waals surface area contributed by atoms with Gasteiger partial charge in [0.1, 0.15) is 17.2 Å². The van der Waals surface area contributed by atoms with Crippen molar-refractivity contribution in [2.75, 3.05) is 20.2 Å². The largest absolute Gasteiger partial charge is 0.497 e. The van der Waals surface area contributed by atoms with Crippen LogP contribution in [0.5, 0.6) is 5.75 Å². The fourth-order valence-corrected chi connectivity index (χ4v) is 3.60. The molecule has 1 N–H and O–H groups in total. The number of hydrogen-bond acceptors (Lipinski definition) is 4. The molecule has 0 fully saturated rings. The summed E-state index contributed by atoms with van der Waals surface area (Å²) in [5, 5.41) is 3.32. The summed E-state index contributed by atoms with van der Waals surface area (Å²) < 4.78 is 7.44. The fourth-order valence-electron chi connectivity index (χ4n) is 3.60. The Morgan fingerprint density at radius 2 is 1.64 bits per heavy atom. The van der Waals surface area contributed by atoms with Crippen LogP contribution in [0.4, 0.5) is 0 Å². The zero-order chi connectivity index (χ0) is 18.9. The Balaban J connectivity index is 1.64. The minimum atomic E-state index is 0.838. The molecular weight excluding hydrogens is 348 g/mol. The average molecular weight is 368 g/mol. The number of benzene rings is 2. The molecule has 5 heteroatoms. The Labute approximate surface area is 163 Å². The van der Waals surface area contributed by atoms with E-state index in [0.29, 0.717) is 0 Å². The van der Waals surface area contributed by atoms with Crippen LogP contribution in [0, 0.1) is 0 Å². The monoisotopic (exact) mass is 368 g/mol. The van der Waals surface area contributed by atoms with E-state index in [-0.39, 0.29) is 0 Å². The number of amidine groups is 1. The van der Waals surface area contributed by atoms with Gasteiger partial charge in [-0.3, -0.25) is 9.39 Å². The van der Waals surface area contributed by atoms with Gasteiger partial charge in [-0.2, -0.15) is 0 Å². The fraction of sp³-hybridized carbons (Fsp3) is 0.130. The second-order valence-electron chi connectivity index (χ2n) is 6.70. The molecule has 0 aliphatic carbocycles. The van der Waals surface area contributed by atoms with E-state index in [9.17, 15) is 0 Å². The third kappa shape index (κ3) is 2.81. The number of nitrogens with zero attached hydrogens (tertiary/aromatic N) is 3. The number of hydrogen-bond donors (Lipinski definition) is 1. The zero-order valence-corrected chi connectivity index (χ0v) is 15.6. The molecular formula is C23H20N4O. The predicted molar refractivity (Wildman–Crippen MR) is 112 cm³/mol. The van der Waals surface area contributed by atoms with Crippen molar-refractivity contribution in [2.24, 2.45) is 4.99 Å². The number of nitrogens with one attached hydrogen (secondary N) is 1. The van der Waals surface area contributed by atoms with Crippen LogP contribution >= 0.6 is 0 Å². The summed E-state index contributed by atoms with van der Waals surface area (Å²) in [7, 11) is 1.68. The summed E-state index contributed by atoms with van der Waals surface area (Å²) in [5.74, 6) is 1.81. The smallest absolute Gasteiger partial charge is 0.137 e. The van der Waals surface area contributed by atoms with Crippen molar-refractivity contribution in [2.45, 2.75) is 0 Å². The number of aliphatic imine (C=N–C) groups is 1. The molecule has 138 valence electrons. The Morgan fingerprint density at radius 3 is 2.36 bits per heavy atom. The van der Waals surface area contributed by atoms with Crippen molar-refractivity contribution < 1.29 is 4.74 Å². The van der Waals surface area contributed by atoms with E-state index in [1.807, 2.05) is 30.3 Å². The lowest BCUT2D eigenvalue weighted by atomic mass is 10.0.